The van der Waals surface area contributed by atoms with Gasteiger partial charge in [-0.2, -0.15) is 0 Å². The van der Waals surface area contributed by atoms with Gasteiger partial charge >= 0.3 is 0 Å². The predicted octanol–water partition coefficient (Wildman–Crippen LogP) is 3.16. The summed E-state index contributed by atoms with van der Waals surface area (Å²) < 4.78 is 10.9. The molecule has 0 aliphatic rings. The molecule has 0 aromatic heterocycles. The topological polar surface area (TPSA) is 30.5 Å². The SMILES string of the molecule is COc1cccc([C@@H](C)NCCOC(C)(C)C)c1. The second kappa shape index (κ2) is 6.76. The van der Waals surface area contributed by atoms with Gasteiger partial charge in [0.2, 0.25) is 0 Å². The maximum atomic E-state index is 5.67. The van der Waals surface area contributed by atoms with Gasteiger partial charge in [-0.15, -0.1) is 0 Å². The normalized spacial score (nSPS) is 13.4. The molecule has 0 radical (unpaired) electrons. The Bertz CT molecular complexity index is 358. The van der Waals surface area contributed by atoms with Crippen molar-refractivity contribution in [1.29, 1.82) is 0 Å². The van der Waals surface area contributed by atoms with Crippen molar-refractivity contribution in [2.45, 2.75) is 39.3 Å². The van der Waals surface area contributed by atoms with E-state index < -0.39 is 0 Å². The van der Waals surface area contributed by atoms with E-state index in [1.807, 2.05) is 12.1 Å². The Morgan fingerprint density at radius 3 is 2.61 bits per heavy atom. The maximum absolute atomic E-state index is 5.67. The minimum Gasteiger partial charge on any atom is -0.497 e. The molecule has 0 aliphatic heterocycles. The second-order valence-electron chi connectivity index (χ2n) is 5.41. The fourth-order valence-corrected chi connectivity index (χ4v) is 1.66. The molecule has 0 saturated heterocycles. The zero-order chi connectivity index (χ0) is 13.6. The van der Waals surface area contributed by atoms with Gasteiger partial charge in [0.15, 0.2) is 0 Å². The summed E-state index contributed by atoms with van der Waals surface area (Å²) in [5, 5.41) is 3.44. The van der Waals surface area contributed by atoms with E-state index in [0.29, 0.717) is 6.04 Å². The molecule has 3 nitrogen and oxygen atoms in total. The van der Waals surface area contributed by atoms with Crippen LogP contribution >= 0.6 is 0 Å². The molecule has 0 fully saturated rings. The minimum atomic E-state index is -0.0686. The first-order valence-electron chi connectivity index (χ1n) is 6.43. The first-order valence-corrected chi connectivity index (χ1v) is 6.43. The van der Waals surface area contributed by atoms with Gasteiger partial charge in [-0.1, -0.05) is 12.1 Å². The highest BCUT2D eigenvalue weighted by molar-refractivity contribution is 5.30. The average Bonchev–Trinajstić information content (AvgIpc) is 2.33. The molecule has 0 unspecified atom stereocenters. The van der Waals surface area contributed by atoms with Gasteiger partial charge in [0.05, 0.1) is 19.3 Å². The van der Waals surface area contributed by atoms with Crippen molar-refractivity contribution in [2.24, 2.45) is 0 Å². The van der Waals surface area contributed by atoms with Crippen molar-refractivity contribution in [3.8, 4) is 5.75 Å². The molecule has 0 aliphatic carbocycles. The lowest BCUT2D eigenvalue weighted by Gasteiger charge is -2.21. The second-order valence-corrected chi connectivity index (χ2v) is 5.41. The van der Waals surface area contributed by atoms with Crippen molar-refractivity contribution in [3.63, 3.8) is 0 Å². The molecule has 1 atom stereocenters. The van der Waals surface area contributed by atoms with Crippen LogP contribution in [-0.2, 0) is 4.74 Å². The average molecular weight is 251 g/mol. The van der Waals surface area contributed by atoms with Crippen LogP contribution in [0.1, 0.15) is 39.3 Å². The maximum Gasteiger partial charge on any atom is 0.119 e. The minimum absolute atomic E-state index is 0.0686. The highest BCUT2D eigenvalue weighted by Gasteiger charge is 2.10. The molecule has 1 aromatic rings. The van der Waals surface area contributed by atoms with Crippen molar-refractivity contribution in [1.82, 2.24) is 5.32 Å². The van der Waals surface area contributed by atoms with Crippen LogP contribution in [0.2, 0.25) is 0 Å². The lowest BCUT2D eigenvalue weighted by Crippen LogP contribution is -2.28. The Morgan fingerprint density at radius 2 is 2.00 bits per heavy atom. The zero-order valence-electron chi connectivity index (χ0n) is 12.1. The quantitative estimate of drug-likeness (QED) is 0.788. The molecule has 3 heteroatoms. The third-order valence-corrected chi connectivity index (χ3v) is 2.68. The van der Waals surface area contributed by atoms with Crippen LogP contribution < -0.4 is 10.1 Å². The molecule has 0 spiro atoms. The summed E-state index contributed by atoms with van der Waals surface area (Å²) in [5.41, 5.74) is 1.16. The van der Waals surface area contributed by atoms with Gasteiger partial charge in [-0.25, -0.2) is 0 Å². The van der Waals surface area contributed by atoms with E-state index in [2.05, 4.69) is 45.1 Å². The number of methoxy groups -OCH3 is 1. The Hall–Kier alpha value is -1.06. The van der Waals surface area contributed by atoms with Crippen LogP contribution in [-0.4, -0.2) is 25.9 Å². The fraction of sp³-hybridized carbons (Fsp3) is 0.600. The molecular formula is C15H25NO2. The van der Waals surface area contributed by atoms with E-state index in [1.54, 1.807) is 7.11 Å². The summed E-state index contributed by atoms with van der Waals surface area (Å²) >= 11 is 0. The molecule has 1 rings (SSSR count). The first kappa shape index (κ1) is 15.0. The summed E-state index contributed by atoms with van der Waals surface area (Å²) in [6, 6.07) is 8.42. The molecule has 18 heavy (non-hydrogen) atoms. The van der Waals surface area contributed by atoms with Crippen LogP contribution in [0.5, 0.6) is 5.75 Å². The molecule has 0 heterocycles. The number of hydrogen-bond acceptors (Lipinski definition) is 3. The van der Waals surface area contributed by atoms with Crippen molar-refractivity contribution in [3.05, 3.63) is 29.8 Å². The molecular weight excluding hydrogens is 226 g/mol. The van der Waals surface area contributed by atoms with E-state index in [-0.39, 0.29) is 5.60 Å². The smallest absolute Gasteiger partial charge is 0.119 e. The van der Waals surface area contributed by atoms with E-state index >= 15 is 0 Å². The lowest BCUT2D eigenvalue weighted by molar-refractivity contribution is -0.00149. The van der Waals surface area contributed by atoms with Gasteiger partial charge in [-0.05, 0) is 45.4 Å². The summed E-state index contributed by atoms with van der Waals surface area (Å²) in [5.74, 6) is 0.895. The van der Waals surface area contributed by atoms with Crippen LogP contribution in [0.4, 0.5) is 0 Å². The van der Waals surface area contributed by atoms with Gasteiger partial charge in [0.25, 0.3) is 0 Å². The fourth-order valence-electron chi connectivity index (χ4n) is 1.66. The first-order chi connectivity index (χ1) is 8.42. The van der Waals surface area contributed by atoms with E-state index in [0.717, 1.165) is 18.9 Å². The highest BCUT2D eigenvalue weighted by atomic mass is 16.5. The lowest BCUT2D eigenvalue weighted by atomic mass is 10.1. The standard InChI is InChI=1S/C15H25NO2/c1-12(16-9-10-18-15(2,3)4)13-7-6-8-14(11-13)17-5/h6-8,11-12,16H,9-10H2,1-5H3/t12-/m1/s1. The Balaban J connectivity index is 2.38. The highest BCUT2D eigenvalue weighted by Crippen LogP contribution is 2.18. The number of ether oxygens (including phenoxy) is 2. The molecule has 1 N–H and O–H groups in total. The van der Waals surface area contributed by atoms with Gasteiger partial charge < -0.3 is 14.8 Å². The zero-order valence-corrected chi connectivity index (χ0v) is 12.1. The number of nitrogens with one attached hydrogen (secondary N) is 1. The molecule has 1 aromatic carbocycles. The van der Waals surface area contributed by atoms with Crippen LogP contribution in [0.25, 0.3) is 0 Å². The summed E-state index contributed by atoms with van der Waals surface area (Å²) in [6.45, 7) is 9.91. The van der Waals surface area contributed by atoms with Crippen LogP contribution in [0, 0.1) is 0 Å². The van der Waals surface area contributed by atoms with Crippen molar-refractivity contribution in [2.75, 3.05) is 20.3 Å². The van der Waals surface area contributed by atoms with Crippen molar-refractivity contribution >= 4 is 0 Å². The van der Waals surface area contributed by atoms with E-state index in [1.165, 1.54) is 5.56 Å². The summed E-state index contributed by atoms with van der Waals surface area (Å²) in [6.07, 6.45) is 0. The summed E-state index contributed by atoms with van der Waals surface area (Å²) in [4.78, 5) is 0. The molecule has 102 valence electrons. The monoisotopic (exact) mass is 251 g/mol. The number of rotatable bonds is 6. The molecule has 0 bridgehead atoms. The Morgan fingerprint density at radius 1 is 1.28 bits per heavy atom. The predicted molar refractivity (Wildman–Crippen MR) is 75.1 cm³/mol. The van der Waals surface area contributed by atoms with Crippen LogP contribution in [0.3, 0.4) is 0 Å². The van der Waals surface area contributed by atoms with Gasteiger partial charge in [0.1, 0.15) is 5.75 Å². The number of hydrogen-bond donors (Lipinski definition) is 1. The Labute approximate surface area is 110 Å². The molecule has 0 saturated carbocycles. The van der Waals surface area contributed by atoms with E-state index in [9.17, 15) is 0 Å². The molecule has 0 amide bonds. The largest absolute Gasteiger partial charge is 0.497 e. The third-order valence-electron chi connectivity index (χ3n) is 2.68. The summed E-state index contributed by atoms with van der Waals surface area (Å²) in [7, 11) is 1.69. The van der Waals surface area contributed by atoms with Crippen molar-refractivity contribution < 1.29 is 9.47 Å². The third kappa shape index (κ3) is 5.52. The van der Waals surface area contributed by atoms with Gasteiger partial charge in [-0.3, -0.25) is 0 Å². The van der Waals surface area contributed by atoms with Gasteiger partial charge in [0, 0.05) is 12.6 Å². The number of benzene rings is 1. The van der Waals surface area contributed by atoms with Crippen LogP contribution in [0.15, 0.2) is 24.3 Å². The van der Waals surface area contributed by atoms with E-state index in [4.69, 9.17) is 9.47 Å². The Kier molecular flexibility index (Phi) is 5.63.